The molecule has 0 aromatic carbocycles. The molecule has 0 saturated heterocycles. The zero-order chi connectivity index (χ0) is 13.2. The molecule has 0 aliphatic rings. The van der Waals surface area contributed by atoms with Crippen LogP contribution in [-0.4, -0.2) is 19.7 Å². The normalized spacial score (nSPS) is 10.8. The van der Waals surface area contributed by atoms with Crippen molar-refractivity contribution in [3.8, 4) is 11.3 Å². The number of pyridine rings is 1. The Balaban J connectivity index is 1.92. The number of nitrogens with two attached hydrogens (primary N) is 1. The van der Waals surface area contributed by atoms with E-state index in [-0.39, 0.29) is 0 Å². The molecular formula is C13H13N5O. The summed E-state index contributed by atoms with van der Waals surface area (Å²) in [7, 11) is 0. The Hall–Kier alpha value is -2.63. The quantitative estimate of drug-likeness (QED) is 0.772. The topological polar surface area (TPSA) is 82.8 Å². The summed E-state index contributed by atoms with van der Waals surface area (Å²) in [6, 6.07) is 5.60. The lowest BCUT2D eigenvalue weighted by Gasteiger charge is -2.05. The number of aromatic nitrogens is 4. The highest BCUT2D eigenvalue weighted by Gasteiger charge is 2.08. The molecule has 0 saturated carbocycles. The number of imidazole rings is 1. The van der Waals surface area contributed by atoms with Crippen LogP contribution in [0.15, 0.2) is 41.4 Å². The summed E-state index contributed by atoms with van der Waals surface area (Å²) in [4.78, 5) is 8.25. The van der Waals surface area contributed by atoms with Crippen molar-refractivity contribution in [3.05, 3.63) is 48.4 Å². The lowest BCUT2D eigenvalue weighted by molar-refractivity contribution is 0.373. The Morgan fingerprint density at radius 1 is 1.32 bits per heavy atom. The summed E-state index contributed by atoms with van der Waals surface area (Å²) >= 11 is 0. The average Bonchev–Trinajstić information content (AvgIpc) is 3.00. The Kier molecular flexibility index (Phi) is 2.75. The highest BCUT2D eigenvalue weighted by molar-refractivity contribution is 5.59. The Morgan fingerprint density at radius 3 is 2.89 bits per heavy atom. The molecule has 0 aliphatic carbocycles. The van der Waals surface area contributed by atoms with Crippen LogP contribution in [0.4, 0.5) is 5.82 Å². The van der Waals surface area contributed by atoms with Crippen LogP contribution in [0.25, 0.3) is 11.3 Å². The van der Waals surface area contributed by atoms with Crippen molar-refractivity contribution >= 4 is 5.82 Å². The van der Waals surface area contributed by atoms with Gasteiger partial charge in [-0.2, -0.15) is 0 Å². The van der Waals surface area contributed by atoms with E-state index in [0.29, 0.717) is 12.4 Å². The smallest absolute Gasteiger partial charge is 0.156 e. The van der Waals surface area contributed by atoms with Crippen LogP contribution in [0.3, 0.4) is 0 Å². The lowest BCUT2D eigenvalue weighted by Crippen LogP contribution is -2.00. The standard InChI is InChI=1S/C13H13N5O/c1-9-4-11(19-17-9)7-18-8-15-6-12(18)10-2-3-13(14)16-5-10/h2-6,8H,7H2,1H3,(H2,14,16). The van der Waals surface area contributed by atoms with E-state index in [1.165, 1.54) is 0 Å². The number of anilines is 1. The molecule has 3 aromatic heterocycles. The maximum Gasteiger partial charge on any atom is 0.156 e. The molecule has 0 spiro atoms. The van der Waals surface area contributed by atoms with Gasteiger partial charge in [-0.3, -0.25) is 0 Å². The van der Waals surface area contributed by atoms with E-state index in [9.17, 15) is 0 Å². The largest absolute Gasteiger partial charge is 0.384 e. The van der Waals surface area contributed by atoms with Gasteiger partial charge in [-0.1, -0.05) is 5.16 Å². The van der Waals surface area contributed by atoms with Gasteiger partial charge in [0.1, 0.15) is 5.82 Å². The molecule has 0 fully saturated rings. The van der Waals surface area contributed by atoms with Gasteiger partial charge in [0.2, 0.25) is 0 Å². The van der Waals surface area contributed by atoms with Crippen LogP contribution in [0, 0.1) is 6.92 Å². The number of hydrogen-bond donors (Lipinski definition) is 1. The third-order valence-corrected chi connectivity index (χ3v) is 2.80. The van der Waals surface area contributed by atoms with E-state index in [1.807, 2.05) is 23.6 Å². The molecule has 3 rings (SSSR count). The van der Waals surface area contributed by atoms with Crippen LogP contribution < -0.4 is 5.73 Å². The molecule has 0 bridgehead atoms. The van der Waals surface area contributed by atoms with Crippen LogP contribution in [0.5, 0.6) is 0 Å². The van der Waals surface area contributed by atoms with Gasteiger partial charge in [0.15, 0.2) is 5.76 Å². The first kappa shape index (κ1) is 11.5. The lowest BCUT2D eigenvalue weighted by atomic mass is 10.2. The first-order chi connectivity index (χ1) is 9.22. The van der Waals surface area contributed by atoms with E-state index >= 15 is 0 Å². The zero-order valence-corrected chi connectivity index (χ0v) is 10.4. The zero-order valence-electron chi connectivity index (χ0n) is 10.4. The summed E-state index contributed by atoms with van der Waals surface area (Å²) in [5.41, 5.74) is 8.37. The van der Waals surface area contributed by atoms with Crippen molar-refractivity contribution in [2.45, 2.75) is 13.5 Å². The van der Waals surface area contributed by atoms with E-state index in [4.69, 9.17) is 10.3 Å². The minimum atomic E-state index is 0.501. The van der Waals surface area contributed by atoms with Gasteiger partial charge >= 0.3 is 0 Å². The predicted octanol–water partition coefficient (Wildman–Crippen LogP) is 1.87. The van der Waals surface area contributed by atoms with Gasteiger partial charge in [-0.15, -0.1) is 0 Å². The molecular weight excluding hydrogens is 242 g/mol. The molecule has 3 aromatic rings. The van der Waals surface area contributed by atoms with E-state index in [2.05, 4.69) is 15.1 Å². The third kappa shape index (κ3) is 2.33. The SMILES string of the molecule is Cc1cc(Cn2cncc2-c2ccc(N)nc2)on1. The maximum absolute atomic E-state index is 5.59. The molecule has 0 atom stereocenters. The summed E-state index contributed by atoms with van der Waals surface area (Å²) in [6.07, 6.45) is 5.27. The van der Waals surface area contributed by atoms with Crippen molar-refractivity contribution < 1.29 is 4.52 Å². The van der Waals surface area contributed by atoms with Crippen LogP contribution in [0.2, 0.25) is 0 Å². The molecule has 0 radical (unpaired) electrons. The van der Waals surface area contributed by atoms with Gasteiger partial charge in [0.05, 0.1) is 30.5 Å². The molecule has 0 amide bonds. The highest BCUT2D eigenvalue weighted by atomic mass is 16.5. The second kappa shape index (κ2) is 4.56. The number of nitrogen functional groups attached to an aromatic ring is 1. The first-order valence-electron chi connectivity index (χ1n) is 5.86. The Morgan fingerprint density at radius 2 is 2.21 bits per heavy atom. The number of hydrogen-bond acceptors (Lipinski definition) is 5. The molecule has 6 heteroatoms. The fourth-order valence-corrected chi connectivity index (χ4v) is 1.90. The molecule has 6 nitrogen and oxygen atoms in total. The summed E-state index contributed by atoms with van der Waals surface area (Å²) in [5.74, 6) is 1.29. The van der Waals surface area contributed by atoms with Crippen LogP contribution in [-0.2, 0) is 6.54 Å². The Labute approximate surface area is 109 Å². The fraction of sp³-hybridized carbons (Fsp3) is 0.154. The van der Waals surface area contributed by atoms with Crippen molar-refractivity contribution in [1.29, 1.82) is 0 Å². The Bertz CT molecular complexity index is 683. The summed E-state index contributed by atoms with van der Waals surface area (Å²) < 4.78 is 7.19. The van der Waals surface area contributed by atoms with Gasteiger partial charge in [0, 0.05) is 17.8 Å². The van der Waals surface area contributed by atoms with Crippen molar-refractivity contribution in [2.24, 2.45) is 0 Å². The van der Waals surface area contributed by atoms with Gasteiger partial charge in [0.25, 0.3) is 0 Å². The van der Waals surface area contributed by atoms with E-state index < -0.39 is 0 Å². The number of rotatable bonds is 3. The van der Waals surface area contributed by atoms with Gasteiger partial charge < -0.3 is 14.8 Å². The second-order valence-electron chi connectivity index (χ2n) is 4.31. The molecule has 0 unspecified atom stereocenters. The molecule has 0 aliphatic heterocycles. The minimum Gasteiger partial charge on any atom is -0.384 e. The maximum atomic E-state index is 5.59. The predicted molar refractivity (Wildman–Crippen MR) is 70.2 cm³/mol. The van der Waals surface area contributed by atoms with Crippen molar-refractivity contribution in [3.63, 3.8) is 0 Å². The number of nitrogens with zero attached hydrogens (tertiary/aromatic N) is 4. The summed E-state index contributed by atoms with van der Waals surface area (Å²) in [6.45, 7) is 2.48. The molecule has 96 valence electrons. The number of aryl methyl sites for hydroxylation is 1. The fourth-order valence-electron chi connectivity index (χ4n) is 1.90. The average molecular weight is 255 g/mol. The van der Waals surface area contributed by atoms with Gasteiger partial charge in [-0.25, -0.2) is 9.97 Å². The molecule has 2 N–H and O–H groups in total. The third-order valence-electron chi connectivity index (χ3n) is 2.80. The van der Waals surface area contributed by atoms with Crippen molar-refractivity contribution in [1.82, 2.24) is 19.7 Å². The monoisotopic (exact) mass is 255 g/mol. The second-order valence-corrected chi connectivity index (χ2v) is 4.31. The minimum absolute atomic E-state index is 0.501. The van der Waals surface area contributed by atoms with Crippen LogP contribution >= 0.6 is 0 Å². The van der Waals surface area contributed by atoms with E-state index in [1.54, 1.807) is 24.8 Å². The highest BCUT2D eigenvalue weighted by Crippen LogP contribution is 2.20. The molecule has 3 heterocycles. The summed E-state index contributed by atoms with van der Waals surface area (Å²) in [5, 5.41) is 3.87. The first-order valence-corrected chi connectivity index (χ1v) is 5.86. The van der Waals surface area contributed by atoms with Gasteiger partial charge in [-0.05, 0) is 19.1 Å². The van der Waals surface area contributed by atoms with Crippen molar-refractivity contribution in [2.75, 3.05) is 5.73 Å². The molecule has 19 heavy (non-hydrogen) atoms. The van der Waals surface area contributed by atoms with Crippen LogP contribution in [0.1, 0.15) is 11.5 Å². The van der Waals surface area contributed by atoms with E-state index in [0.717, 1.165) is 22.7 Å².